The third kappa shape index (κ3) is 5.05. The van der Waals surface area contributed by atoms with E-state index < -0.39 is 0 Å². The molecule has 0 saturated carbocycles. The average molecular weight is 421 g/mol. The molecule has 0 fully saturated rings. The highest BCUT2D eigenvalue weighted by molar-refractivity contribution is 5.78. The molecule has 4 rings (SSSR count). The fourth-order valence-corrected chi connectivity index (χ4v) is 3.77. The summed E-state index contributed by atoms with van der Waals surface area (Å²) in [6.07, 6.45) is 0.681. The maximum absolute atomic E-state index is 13.1. The fourth-order valence-electron chi connectivity index (χ4n) is 3.77. The first kappa shape index (κ1) is 20.9. The number of aromatic nitrogens is 3. The van der Waals surface area contributed by atoms with Gasteiger partial charge in [-0.05, 0) is 43.5 Å². The molecule has 0 radical (unpaired) electrons. The van der Waals surface area contributed by atoms with Gasteiger partial charge in [0, 0.05) is 0 Å². The molecule has 0 unspecified atom stereocenters. The Kier molecular flexibility index (Phi) is 6.21. The van der Waals surface area contributed by atoms with Gasteiger partial charge in [0.2, 0.25) is 5.91 Å². The van der Waals surface area contributed by atoms with Gasteiger partial charge in [0.25, 0.3) is 0 Å². The van der Waals surface area contributed by atoms with Crippen LogP contribution < -0.4 is 14.8 Å². The molecule has 1 amide bonds. The van der Waals surface area contributed by atoms with Gasteiger partial charge in [0.15, 0.2) is 11.5 Å². The van der Waals surface area contributed by atoms with E-state index in [1.54, 1.807) is 4.68 Å². The zero-order chi connectivity index (χ0) is 21.8. The van der Waals surface area contributed by atoms with E-state index in [0.717, 1.165) is 28.5 Å². The van der Waals surface area contributed by atoms with Crippen molar-refractivity contribution in [1.29, 1.82) is 0 Å². The number of rotatable bonds is 7. The molecule has 1 aliphatic heterocycles. The summed E-state index contributed by atoms with van der Waals surface area (Å²) >= 11 is 0. The lowest BCUT2D eigenvalue weighted by atomic mass is 9.97. The van der Waals surface area contributed by atoms with E-state index in [9.17, 15) is 4.79 Å². The number of carbonyl (C=O) groups is 1. The summed E-state index contributed by atoms with van der Waals surface area (Å²) < 4.78 is 13.2. The van der Waals surface area contributed by atoms with Crippen molar-refractivity contribution in [2.24, 2.45) is 5.92 Å². The van der Waals surface area contributed by atoms with E-state index in [4.69, 9.17) is 9.47 Å². The van der Waals surface area contributed by atoms with Gasteiger partial charge in [-0.3, -0.25) is 4.79 Å². The molecule has 2 aromatic carbocycles. The van der Waals surface area contributed by atoms with Gasteiger partial charge in [-0.15, -0.1) is 0 Å². The Labute approximate surface area is 182 Å². The summed E-state index contributed by atoms with van der Waals surface area (Å²) in [5.74, 6) is 2.70. The van der Waals surface area contributed by atoms with Crippen LogP contribution in [0.4, 0.5) is 0 Å². The van der Waals surface area contributed by atoms with E-state index in [-0.39, 0.29) is 17.9 Å². The van der Waals surface area contributed by atoms with Gasteiger partial charge in [-0.1, -0.05) is 43.3 Å². The topological polar surface area (TPSA) is 78.3 Å². The summed E-state index contributed by atoms with van der Waals surface area (Å²) in [5.41, 5.74) is 2.14. The second kappa shape index (κ2) is 9.20. The minimum atomic E-state index is -0.254. The van der Waals surface area contributed by atoms with Crippen LogP contribution in [-0.2, 0) is 17.8 Å². The van der Waals surface area contributed by atoms with Gasteiger partial charge >= 0.3 is 0 Å². The van der Waals surface area contributed by atoms with Gasteiger partial charge in [-0.2, -0.15) is 5.10 Å². The second-order valence-electron chi connectivity index (χ2n) is 7.94. The first-order chi connectivity index (χ1) is 15.0. The van der Waals surface area contributed by atoms with E-state index in [1.165, 1.54) is 0 Å². The van der Waals surface area contributed by atoms with Crippen LogP contribution in [-0.4, -0.2) is 33.9 Å². The van der Waals surface area contributed by atoms with Crippen LogP contribution >= 0.6 is 0 Å². The number of benzene rings is 2. The fraction of sp³-hybridized carbons (Fsp3) is 0.375. The van der Waals surface area contributed by atoms with Crippen molar-refractivity contribution in [2.45, 2.75) is 39.8 Å². The van der Waals surface area contributed by atoms with Gasteiger partial charge in [-0.25, -0.2) is 9.67 Å². The summed E-state index contributed by atoms with van der Waals surface area (Å²) in [5, 5.41) is 7.62. The van der Waals surface area contributed by atoms with Crippen LogP contribution in [0.1, 0.15) is 35.7 Å². The monoisotopic (exact) mass is 420 g/mol. The summed E-state index contributed by atoms with van der Waals surface area (Å²) in [4.78, 5) is 17.4. The molecule has 0 bridgehead atoms. The highest BCUT2D eigenvalue weighted by Gasteiger charge is 2.23. The molecule has 2 atom stereocenters. The Hall–Kier alpha value is -3.35. The van der Waals surface area contributed by atoms with Crippen LogP contribution in [0.3, 0.4) is 0 Å². The first-order valence-electron chi connectivity index (χ1n) is 10.6. The van der Waals surface area contributed by atoms with Crippen molar-refractivity contribution in [3.63, 3.8) is 0 Å². The lowest BCUT2D eigenvalue weighted by Crippen LogP contribution is -2.36. The normalized spacial score (nSPS) is 14.7. The molecule has 2 heterocycles. The number of nitrogens with zero attached hydrogens (tertiary/aromatic N) is 3. The van der Waals surface area contributed by atoms with Crippen LogP contribution in [0.2, 0.25) is 0 Å². The van der Waals surface area contributed by atoms with E-state index in [0.29, 0.717) is 32.0 Å². The number of fused-ring (bicyclic) bond motifs is 1. The highest BCUT2D eigenvalue weighted by Crippen LogP contribution is 2.33. The number of carbonyl (C=O) groups excluding carboxylic acids is 1. The molecular formula is C24H28N4O3. The Balaban J connectivity index is 1.54. The number of aryl methyl sites for hydroxylation is 2. The zero-order valence-corrected chi connectivity index (χ0v) is 18.2. The lowest BCUT2D eigenvalue weighted by Gasteiger charge is -2.24. The molecule has 7 nitrogen and oxygen atoms in total. The second-order valence-corrected chi connectivity index (χ2v) is 7.94. The van der Waals surface area contributed by atoms with Crippen LogP contribution in [0, 0.1) is 19.8 Å². The number of amides is 1. The Bertz CT molecular complexity index is 1050. The maximum atomic E-state index is 13.1. The Morgan fingerprint density at radius 1 is 1.10 bits per heavy atom. The predicted molar refractivity (Wildman–Crippen MR) is 117 cm³/mol. The molecule has 31 heavy (non-hydrogen) atoms. The molecule has 3 aromatic rings. The molecule has 0 saturated heterocycles. The highest BCUT2D eigenvalue weighted by atomic mass is 16.6. The molecular weight excluding hydrogens is 392 g/mol. The van der Waals surface area contributed by atoms with Crippen LogP contribution in [0.5, 0.6) is 11.5 Å². The Morgan fingerprint density at radius 2 is 1.84 bits per heavy atom. The number of ether oxygens (including phenoxy) is 2. The third-order valence-electron chi connectivity index (χ3n) is 5.42. The standard InChI is InChI=1S/C24H28N4O3/c1-16(15-28-18(3)25-17(2)27-28)24(29)26-21(13-19-7-5-4-6-8-19)20-9-10-22-23(14-20)31-12-11-30-22/h4-10,14,16,21H,11-13,15H2,1-3H3,(H,26,29)/t16-,21+/m0/s1. The third-order valence-corrected chi connectivity index (χ3v) is 5.42. The quantitative estimate of drug-likeness (QED) is 0.634. The molecule has 162 valence electrons. The van der Waals surface area contributed by atoms with Gasteiger partial charge < -0.3 is 14.8 Å². The number of hydrogen-bond acceptors (Lipinski definition) is 5. The number of nitrogens with one attached hydrogen (secondary N) is 1. The summed E-state index contributed by atoms with van der Waals surface area (Å²) in [7, 11) is 0. The Morgan fingerprint density at radius 3 is 2.55 bits per heavy atom. The molecule has 1 aromatic heterocycles. The zero-order valence-electron chi connectivity index (χ0n) is 18.2. The summed E-state index contributed by atoms with van der Waals surface area (Å²) in [6, 6.07) is 15.9. The van der Waals surface area contributed by atoms with Gasteiger partial charge in [0.1, 0.15) is 24.9 Å². The van der Waals surface area contributed by atoms with Crippen molar-refractivity contribution >= 4 is 5.91 Å². The minimum absolute atomic E-state index is 0.0247. The molecule has 1 aliphatic rings. The van der Waals surface area contributed by atoms with Gasteiger partial charge in [0.05, 0.1) is 18.5 Å². The molecule has 1 N–H and O–H groups in total. The summed E-state index contributed by atoms with van der Waals surface area (Å²) in [6.45, 7) is 7.23. The molecule has 0 aliphatic carbocycles. The first-order valence-corrected chi connectivity index (χ1v) is 10.6. The molecule has 0 spiro atoms. The van der Waals surface area contributed by atoms with E-state index in [1.807, 2.05) is 57.2 Å². The van der Waals surface area contributed by atoms with Crippen LogP contribution in [0.25, 0.3) is 0 Å². The lowest BCUT2D eigenvalue weighted by molar-refractivity contribution is -0.125. The van der Waals surface area contributed by atoms with Crippen molar-refractivity contribution < 1.29 is 14.3 Å². The van der Waals surface area contributed by atoms with E-state index in [2.05, 4.69) is 27.5 Å². The minimum Gasteiger partial charge on any atom is -0.486 e. The van der Waals surface area contributed by atoms with E-state index >= 15 is 0 Å². The van der Waals surface area contributed by atoms with Crippen molar-refractivity contribution in [3.8, 4) is 11.5 Å². The number of hydrogen-bond donors (Lipinski definition) is 1. The van der Waals surface area contributed by atoms with Crippen LogP contribution in [0.15, 0.2) is 48.5 Å². The maximum Gasteiger partial charge on any atom is 0.225 e. The molecule has 7 heteroatoms. The SMILES string of the molecule is Cc1nc(C)n(C[C@H](C)C(=O)N[C@H](Cc2ccccc2)c2ccc3c(c2)OCCO3)n1. The van der Waals surface area contributed by atoms with Crippen molar-refractivity contribution in [2.75, 3.05) is 13.2 Å². The average Bonchev–Trinajstić information content (AvgIpc) is 3.10. The predicted octanol–water partition coefficient (Wildman–Crippen LogP) is 3.40. The smallest absolute Gasteiger partial charge is 0.225 e. The van der Waals surface area contributed by atoms with Crippen molar-refractivity contribution in [1.82, 2.24) is 20.1 Å². The largest absolute Gasteiger partial charge is 0.486 e. The van der Waals surface area contributed by atoms with Crippen molar-refractivity contribution in [3.05, 3.63) is 71.3 Å².